The largest absolute Gasteiger partial charge is 0.493 e. The summed E-state index contributed by atoms with van der Waals surface area (Å²) in [6.07, 6.45) is -0.453. The van der Waals surface area contributed by atoms with Crippen LogP contribution in [0.25, 0.3) is 0 Å². The highest BCUT2D eigenvalue weighted by Gasteiger charge is 2.25. The van der Waals surface area contributed by atoms with Crippen LogP contribution in [-0.4, -0.2) is 107 Å². The fourth-order valence-corrected chi connectivity index (χ4v) is 3.62. The maximum atomic E-state index is 10.5. The summed E-state index contributed by atoms with van der Waals surface area (Å²) in [6, 6.07) is 5.54. The zero-order valence-corrected chi connectivity index (χ0v) is 16.8. The molecule has 8 nitrogen and oxygen atoms in total. The van der Waals surface area contributed by atoms with Crippen molar-refractivity contribution in [3.05, 3.63) is 18.2 Å². The Morgan fingerprint density at radius 1 is 1.04 bits per heavy atom. The van der Waals surface area contributed by atoms with Crippen molar-refractivity contribution in [1.29, 1.82) is 0 Å². The van der Waals surface area contributed by atoms with Gasteiger partial charge in [-0.25, -0.2) is 0 Å². The van der Waals surface area contributed by atoms with Gasteiger partial charge in [0.15, 0.2) is 11.5 Å². The normalized spacial score (nSPS) is 22.6. The SMILES string of the molecule is COc1cccc(OC)c1OC[C@@H]1CN(C[C@@H](O)CN2CCOCC2)CCO1. The smallest absolute Gasteiger partial charge is 0.203 e. The molecule has 0 radical (unpaired) electrons. The van der Waals surface area contributed by atoms with Gasteiger partial charge in [0.2, 0.25) is 5.75 Å². The highest BCUT2D eigenvalue weighted by molar-refractivity contribution is 5.51. The molecule has 0 amide bonds. The summed E-state index contributed by atoms with van der Waals surface area (Å²) in [5.41, 5.74) is 0. The van der Waals surface area contributed by atoms with E-state index in [0.29, 0.717) is 43.6 Å². The van der Waals surface area contributed by atoms with Crippen LogP contribution in [0.2, 0.25) is 0 Å². The lowest BCUT2D eigenvalue weighted by atomic mass is 10.2. The molecular formula is C20H32N2O6. The molecule has 0 bridgehead atoms. The topological polar surface area (TPSA) is 72.9 Å². The Bertz CT molecular complexity index is 574. The molecule has 1 aromatic rings. The zero-order valence-electron chi connectivity index (χ0n) is 16.8. The first-order chi connectivity index (χ1) is 13.7. The van der Waals surface area contributed by atoms with E-state index >= 15 is 0 Å². The van der Waals surface area contributed by atoms with E-state index in [0.717, 1.165) is 39.4 Å². The van der Waals surface area contributed by atoms with Crippen LogP contribution in [0.15, 0.2) is 18.2 Å². The molecule has 28 heavy (non-hydrogen) atoms. The summed E-state index contributed by atoms with van der Waals surface area (Å²) >= 11 is 0. The van der Waals surface area contributed by atoms with Gasteiger partial charge in [-0.1, -0.05) is 6.07 Å². The molecule has 3 rings (SSSR count). The van der Waals surface area contributed by atoms with E-state index in [1.807, 2.05) is 18.2 Å². The Balaban J connectivity index is 1.47. The molecule has 2 fully saturated rings. The van der Waals surface area contributed by atoms with E-state index in [4.69, 9.17) is 23.7 Å². The average Bonchev–Trinajstić information content (AvgIpc) is 2.72. The Labute approximate surface area is 166 Å². The highest BCUT2D eigenvalue weighted by Crippen LogP contribution is 2.36. The average molecular weight is 396 g/mol. The second-order valence-electron chi connectivity index (χ2n) is 7.12. The van der Waals surface area contributed by atoms with Gasteiger partial charge in [-0.15, -0.1) is 0 Å². The Hall–Kier alpha value is -1.58. The number of benzene rings is 1. The van der Waals surface area contributed by atoms with Gasteiger partial charge in [-0.3, -0.25) is 9.80 Å². The molecule has 2 aliphatic heterocycles. The van der Waals surface area contributed by atoms with Gasteiger partial charge in [0.25, 0.3) is 0 Å². The zero-order chi connectivity index (χ0) is 19.8. The van der Waals surface area contributed by atoms with E-state index in [2.05, 4.69) is 9.80 Å². The number of β-amino-alcohol motifs (C(OH)–C–C–N with tert-alkyl or cyclic N) is 1. The molecule has 158 valence electrons. The van der Waals surface area contributed by atoms with Crippen LogP contribution < -0.4 is 14.2 Å². The van der Waals surface area contributed by atoms with Crippen LogP contribution in [0.3, 0.4) is 0 Å². The number of para-hydroxylation sites is 1. The van der Waals surface area contributed by atoms with Crippen LogP contribution in [0, 0.1) is 0 Å². The fourth-order valence-electron chi connectivity index (χ4n) is 3.62. The molecule has 8 heteroatoms. The van der Waals surface area contributed by atoms with Crippen LogP contribution in [0.4, 0.5) is 0 Å². The number of aliphatic hydroxyl groups excluding tert-OH is 1. The molecule has 2 heterocycles. The van der Waals surface area contributed by atoms with Gasteiger partial charge in [0, 0.05) is 39.3 Å². The molecule has 1 aromatic carbocycles. The summed E-state index contributed by atoms with van der Waals surface area (Å²) in [4.78, 5) is 4.49. The van der Waals surface area contributed by atoms with Gasteiger partial charge >= 0.3 is 0 Å². The standard InChI is InChI=1S/C20H32N2O6/c1-24-18-4-3-5-19(25-2)20(18)28-15-17-14-22(8-11-27-17)13-16(23)12-21-6-9-26-10-7-21/h3-5,16-17,23H,6-15H2,1-2H3/t16-,17-/m0/s1. The predicted octanol–water partition coefficient (Wildman–Crippen LogP) is 0.477. The Morgan fingerprint density at radius 3 is 2.36 bits per heavy atom. The minimum Gasteiger partial charge on any atom is -0.493 e. The lowest BCUT2D eigenvalue weighted by molar-refractivity contribution is -0.0619. The third-order valence-electron chi connectivity index (χ3n) is 5.06. The molecule has 0 saturated carbocycles. The number of rotatable bonds is 9. The second-order valence-corrected chi connectivity index (χ2v) is 7.12. The van der Waals surface area contributed by atoms with Crippen LogP contribution >= 0.6 is 0 Å². The van der Waals surface area contributed by atoms with Gasteiger partial charge in [0.05, 0.1) is 40.1 Å². The minimum absolute atomic E-state index is 0.0704. The number of hydrogen-bond acceptors (Lipinski definition) is 8. The van der Waals surface area contributed by atoms with Crippen LogP contribution in [0.1, 0.15) is 0 Å². The lowest BCUT2D eigenvalue weighted by Crippen LogP contribution is -2.50. The van der Waals surface area contributed by atoms with Gasteiger partial charge in [-0.2, -0.15) is 0 Å². The Kier molecular flexibility index (Phi) is 8.17. The van der Waals surface area contributed by atoms with Gasteiger partial charge in [0.1, 0.15) is 12.7 Å². The molecule has 0 aromatic heterocycles. The first-order valence-corrected chi connectivity index (χ1v) is 9.85. The first kappa shape index (κ1) is 21.1. The van der Waals surface area contributed by atoms with Crippen molar-refractivity contribution >= 4 is 0 Å². The van der Waals surface area contributed by atoms with E-state index in [1.165, 1.54) is 0 Å². The maximum absolute atomic E-state index is 10.5. The third-order valence-corrected chi connectivity index (χ3v) is 5.06. The van der Waals surface area contributed by atoms with Crippen molar-refractivity contribution in [1.82, 2.24) is 9.80 Å². The number of hydrogen-bond donors (Lipinski definition) is 1. The summed E-state index contributed by atoms with van der Waals surface area (Å²) in [5, 5.41) is 10.5. The third kappa shape index (κ3) is 5.96. The van der Waals surface area contributed by atoms with E-state index in [-0.39, 0.29) is 12.2 Å². The van der Waals surface area contributed by atoms with Gasteiger partial charge in [-0.05, 0) is 12.1 Å². The number of morpholine rings is 2. The number of methoxy groups -OCH3 is 2. The summed E-state index contributed by atoms with van der Waals surface area (Å²) in [5.74, 6) is 1.85. The Morgan fingerprint density at radius 2 is 1.68 bits per heavy atom. The van der Waals surface area contributed by atoms with E-state index < -0.39 is 0 Å². The number of nitrogens with zero attached hydrogens (tertiary/aromatic N) is 2. The molecule has 0 spiro atoms. The first-order valence-electron chi connectivity index (χ1n) is 9.85. The van der Waals surface area contributed by atoms with Crippen molar-refractivity contribution in [2.75, 3.05) is 79.9 Å². The molecule has 0 aliphatic carbocycles. The van der Waals surface area contributed by atoms with Crippen molar-refractivity contribution in [2.45, 2.75) is 12.2 Å². The van der Waals surface area contributed by atoms with E-state index in [1.54, 1.807) is 14.2 Å². The quantitative estimate of drug-likeness (QED) is 0.646. The van der Waals surface area contributed by atoms with Crippen molar-refractivity contribution in [3.63, 3.8) is 0 Å². The summed E-state index contributed by atoms with van der Waals surface area (Å²) in [6.45, 7) is 7.14. The lowest BCUT2D eigenvalue weighted by Gasteiger charge is -2.35. The van der Waals surface area contributed by atoms with Gasteiger partial charge < -0.3 is 28.8 Å². The van der Waals surface area contributed by atoms with Crippen molar-refractivity contribution in [3.8, 4) is 17.2 Å². The van der Waals surface area contributed by atoms with Crippen LogP contribution in [0.5, 0.6) is 17.2 Å². The van der Waals surface area contributed by atoms with Crippen LogP contribution in [-0.2, 0) is 9.47 Å². The van der Waals surface area contributed by atoms with Crippen molar-refractivity contribution < 1.29 is 28.8 Å². The molecule has 2 atom stereocenters. The molecule has 0 unspecified atom stereocenters. The summed E-state index contributed by atoms with van der Waals surface area (Å²) in [7, 11) is 3.21. The molecular weight excluding hydrogens is 364 g/mol. The molecule has 1 N–H and O–H groups in total. The number of ether oxygens (including phenoxy) is 5. The summed E-state index contributed by atoms with van der Waals surface area (Å²) < 4.78 is 27.9. The monoisotopic (exact) mass is 396 g/mol. The maximum Gasteiger partial charge on any atom is 0.203 e. The number of aliphatic hydroxyl groups is 1. The second kappa shape index (κ2) is 10.8. The predicted molar refractivity (Wildman–Crippen MR) is 104 cm³/mol. The molecule has 2 saturated heterocycles. The van der Waals surface area contributed by atoms with E-state index in [9.17, 15) is 5.11 Å². The van der Waals surface area contributed by atoms with Crippen molar-refractivity contribution in [2.24, 2.45) is 0 Å². The molecule has 2 aliphatic rings. The fraction of sp³-hybridized carbons (Fsp3) is 0.700. The minimum atomic E-state index is -0.382. The highest BCUT2D eigenvalue weighted by atomic mass is 16.6.